The van der Waals surface area contributed by atoms with E-state index in [9.17, 15) is 20.1 Å². The standard InChI is InChI=1S/C22H42N2O6S/c1-5-10-29-11-6-7-14-8-9-23-15(12-14)21(28)24-16(13(2)3)20-18(26)17(25)19(27)22(30-20)31-4/h13-20,22-23,25-27H,5-12H2,1-4H3,(H,24,28)/t14?,15?,16?,17-,18+,19+,20+,22+/m1/s1. The van der Waals surface area contributed by atoms with Gasteiger partial charge in [0.25, 0.3) is 0 Å². The van der Waals surface area contributed by atoms with Gasteiger partial charge in [0.05, 0.1) is 12.1 Å². The first-order valence-electron chi connectivity index (χ1n) is 11.6. The molecule has 182 valence electrons. The Kier molecular flexibility index (Phi) is 11.5. The number of ether oxygens (including phenoxy) is 2. The SMILES string of the molecule is CCCOCCCC1CCNC(C(=O)NC(C(C)C)[C@@H]2O[C@@H](SC)[C@@H](O)[C@H](O)[C@@H]2O)C1. The van der Waals surface area contributed by atoms with Crippen LogP contribution in [0.3, 0.4) is 0 Å². The van der Waals surface area contributed by atoms with Gasteiger partial charge in [-0.15, -0.1) is 11.8 Å². The topological polar surface area (TPSA) is 120 Å². The molecule has 5 N–H and O–H groups in total. The first-order valence-corrected chi connectivity index (χ1v) is 12.9. The van der Waals surface area contributed by atoms with Crippen LogP contribution in [0.1, 0.15) is 52.9 Å². The Balaban J connectivity index is 1.94. The highest BCUT2D eigenvalue weighted by molar-refractivity contribution is 7.99. The summed E-state index contributed by atoms with van der Waals surface area (Å²) in [7, 11) is 0. The Morgan fingerprint density at radius 2 is 1.97 bits per heavy atom. The maximum absolute atomic E-state index is 13.1. The Labute approximate surface area is 190 Å². The van der Waals surface area contributed by atoms with Crippen molar-refractivity contribution in [3.05, 3.63) is 0 Å². The number of amides is 1. The molecular weight excluding hydrogens is 420 g/mol. The summed E-state index contributed by atoms with van der Waals surface area (Å²) in [5.74, 6) is 0.348. The molecule has 2 aliphatic rings. The van der Waals surface area contributed by atoms with Gasteiger partial charge in [0.1, 0.15) is 29.9 Å². The lowest BCUT2D eigenvalue weighted by atomic mass is 9.86. The molecule has 8 nitrogen and oxygen atoms in total. The van der Waals surface area contributed by atoms with Crippen LogP contribution in [0.2, 0.25) is 0 Å². The molecule has 2 saturated heterocycles. The lowest BCUT2D eigenvalue weighted by molar-refractivity contribution is -0.208. The zero-order chi connectivity index (χ0) is 23.0. The van der Waals surface area contributed by atoms with Gasteiger partial charge in [0.2, 0.25) is 5.91 Å². The molecule has 0 aliphatic carbocycles. The van der Waals surface area contributed by atoms with Gasteiger partial charge in [-0.3, -0.25) is 4.79 Å². The molecule has 2 heterocycles. The van der Waals surface area contributed by atoms with Crippen LogP contribution in [-0.4, -0.2) is 89.2 Å². The number of thioether (sulfide) groups is 1. The smallest absolute Gasteiger partial charge is 0.237 e. The summed E-state index contributed by atoms with van der Waals surface area (Å²) in [6.45, 7) is 8.35. The fraction of sp³-hybridized carbons (Fsp3) is 0.955. The Hall–Kier alpha value is -0.420. The lowest BCUT2D eigenvalue weighted by Crippen LogP contribution is -2.65. The third-order valence-corrected chi connectivity index (χ3v) is 7.15. The number of aliphatic hydroxyl groups excluding tert-OH is 3. The van der Waals surface area contributed by atoms with Gasteiger partial charge in [-0.05, 0) is 56.7 Å². The molecule has 8 atom stereocenters. The largest absolute Gasteiger partial charge is 0.388 e. The molecule has 0 bridgehead atoms. The molecule has 31 heavy (non-hydrogen) atoms. The van der Waals surface area contributed by atoms with E-state index in [0.29, 0.717) is 5.92 Å². The molecule has 1 amide bonds. The molecule has 0 radical (unpaired) electrons. The Bertz CT molecular complexity index is 538. The van der Waals surface area contributed by atoms with Crippen LogP contribution in [0, 0.1) is 11.8 Å². The average molecular weight is 463 g/mol. The zero-order valence-electron chi connectivity index (χ0n) is 19.3. The molecule has 2 rings (SSSR count). The average Bonchev–Trinajstić information content (AvgIpc) is 2.76. The molecule has 0 saturated carbocycles. The molecule has 2 aliphatic heterocycles. The van der Waals surface area contributed by atoms with Crippen molar-refractivity contribution in [3.63, 3.8) is 0 Å². The first-order chi connectivity index (χ1) is 14.8. The van der Waals surface area contributed by atoms with Crippen molar-refractivity contribution < 1.29 is 29.6 Å². The molecule has 0 aromatic heterocycles. The van der Waals surface area contributed by atoms with Crippen molar-refractivity contribution in [1.29, 1.82) is 0 Å². The molecule has 9 heteroatoms. The van der Waals surface area contributed by atoms with Gasteiger partial charge in [-0.25, -0.2) is 0 Å². The summed E-state index contributed by atoms with van der Waals surface area (Å²) >= 11 is 1.27. The van der Waals surface area contributed by atoms with E-state index in [2.05, 4.69) is 17.6 Å². The minimum absolute atomic E-state index is 0.0244. The van der Waals surface area contributed by atoms with Crippen LogP contribution < -0.4 is 10.6 Å². The van der Waals surface area contributed by atoms with Gasteiger partial charge in [0, 0.05) is 13.2 Å². The van der Waals surface area contributed by atoms with Crippen LogP contribution in [0.4, 0.5) is 0 Å². The zero-order valence-corrected chi connectivity index (χ0v) is 20.1. The van der Waals surface area contributed by atoms with E-state index >= 15 is 0 Å². The van der Waals surface area contributed by atoms with E-state index in [1.807, 2.05) is 13.8 Å². The minimum atomic E-state index is -1.32. The van der Waals surface area contributed by atoms with E-state index in [1.54, 1.807) is 6.26 Å². The monoisotopic (exact) mass is 462 g/mol. The number of hydrogen-bond donors (Lipinski definition) is 5. The van der Waals surface area contributed by atoms with Crippen molar-refractivity contribution in [3.8, 4) is 0 Å². The summed E-state index contributed by atoms with van der Waals surface area (Å²) < 4.78 is 11.5. The van der Waals surface area contributed by atoms with Gasteiger partial charge in [-0.2, -0.15) is 0 Å². The molecular formula is C22H42N2O6S. The second-order valence-corrected chi connectivity index (χ2v) is 10.0. The number of carbonyl (C=O) groups is 1. The maximum Gasteiger partial charge on any atom is 0.237 e. The summed E-state index contributed by atoms with van der Waals surface area (Å²) in [4.78, 5) is 13.1. The minimum Gasteiger partial charge on any atom is -0.388 e. The fourth-order valence-corrected chi connectivity index (χ4v) is 5.12. The number of hydrogen-bond acceptors (Lipinski definition) is 8. The molecule has 0 aromatic rings. The quantitative estimate of drug-likeness (QED) is 0.287. The molecule has 0 spiro atoms. The molecule has 0 aromatic carbocycles. The number of rotatable bonds is 11. The fourth-order valence-electron chi connectivity index (χ4n) is 4.44. The number of piperidine rings is 1. The normalized spacial score (nSPS) is 35.2. The van der Waals surface area contributed by atoms with Crippen LogP contribution in [-0.2, 0) is 14.3 Å². The summed E-state index contributed by atoms with van der Waals surface area (Å²) in [6, 6.07) is -0.770. The van der Waals surface area contributed by atoms with E-state index in [-0.39, 0.29) is 17.9 Å². The van der Waals surface area contributed by atoms with Crippen molar-refractivity contribution >= 4 is 17.7 Å². The highest BCUT2D eigenvalue weighted by Gasteiger charge is 2.47. The van der Waals surface area contributed by atoms with Gasteiger partial charge < -0.3 is 35.4 Å². The summed E-state index contributed by atoms with van der Waals surface area (Å²) in [6.07, 6.45) is 2.11. The van der Waals surface area contributed by atoms with Crippen LogP contribution >= 0.6 is 11.8 Å². The van der Waals surface area contributed by atoms with Gasteiger partial charge in [0.15, 0.2) is 0 Å². The van der Waals surface area contributed by atoms with Crippen molar-refractivity contribution in [2.75, 3.05) is 26.0 Å². The first kappa shape index (κ1) is 26.8. The maximum atomic E-state index is 13.1. The van der Waals surface area contributed by atoms with Gasteiger partial charge >= 0.3 is 0 Å². The lowest BCUT2D eigenvalue weighted by Gasteiger charge is -2.44. The third-order valence-electron chi connectivity index (χ3n) is 6.30. The van der Waals surface area contributed by atoms with Crippen molar-refractivity contribution in [2.24, 2.45) is 11.8 Å². The van der Waals surface area contributed by atoms with E-state index in [4.69, 9.17) is 9.47 Å². The van der Waals surface area contributed by atoms with Crippen molar-refractivity contribution in [2.45, 2.75) is 94.8 Å². The Morgan fingerprint density at radius 3 is 2.61 bits per heavy atom. The highest BCUT2D eigenvalue weighted by Crippen LogP contribution is 2.30. The predicted octanol–water partition coefficient (Wildman–Crippen LogP) is 0.873. The summed E-state index contributed by atoms with van der Waals surface area (Å²) in [5.41, 5.74) is -0.659. The van der Waals surface area contributed by atoms with E-state index < -0.39 is 35.9 Å². The predicted molar refractivity (Wildman–Crippen MR) is 122 cm³/mol. The van der Waals surface area contributed by atoms with E-state index in [1.165, 1.54) is 11.8 Å². The third kappa shape index (κ3) is 7.55. The second kappa shape index (κ2) is 13.3. The van der Waals surface area contributed by atoms with E-state index in [0.717, 1.165) is 51.9 Å². The highest BCUT2D eigenvalue weighted by atomic mass is 32.2. The second-order valence-electron chi connectivity index (χ2n) is 9.11. The summed E-state index contributed by atoms with van der Waals surface area (Å²) in [5, 5.41) is 37.3. The molecule has 2 fully saturated rings. The molecule has 3 unspecified atom stereocenters. The van der Waals surface area contributed by atoms with Gasteiger partial charge in [-0.1, -0.05) is 20.8 Å². The van der Waals surface area contributed by atoms with Crippen LogP contribution in [0.15, 0.2) is 0 Å². The van der Waals surface area contributed by atoms with Crippen LogP contribution in [0.25, 0.3) is 0 Å². The number of nitrogens with one attached hydrogen (secondary N) is 2. The van der Waals surface area contributed by atoms with Crippen LogP contribution in [0.5, 0.6) is 0 Å². The number of carbonyl (C=O) groups excluding carboxylic acids is 1. The number of aliphatic hydroxyl groups is 3. The van der Waals surface area contributed by atoms with Crippen molar-refractivity contribution in [1.82, 2.24) is 10.6 Å². The Morgan fingerprint density at radius 1 is 1.23 bits per heavy atom.